The van der Waals surface area contributed by atoms with Gasteiger partial charge in [0.15, 0.2) is 0 Å². The van der Waals surface area contributed by atoms with Gasteiger partial charge >= 0.3 is 6.09 Å². The molecule has 1 aromatic carbocycles. The molecule has 0 heterocycles. The molecule has 0 bridgehead atoms. The van der Waals surface area contributed by atoms with Gasteiger partial charge in [-0.1, -0.05) is 36.8 Å². The molecule has 2 atom stereocenters. The van der Waals surface area contributed by atoms with Crippen LogP contribution in [0.3, 0.4) is 0 Å². The van der Waals surface area contributed by atoms with Crippen molar-refractivity contribution in [3.8, 4) is 0 Å². The second kappa shape index (κ2) is 10.6. The Morgan fingerprint density at radius 1 is 0.970 bits per heavy atom. The van der Waals surface area contributed by atoms with Crippen LogP contribution in [0.25, 0.3) is 0 Å². The Labute approximate surface area is 199 Å². The van der Waals surface area contributed by atoms with E-state index in [1.54, 1.807) is 32.6 Å². The van der Waals surface area contributed by atoms with Crippen LogP contribution in [0.2, 0.25) is 0 Å². The highest BCUT2D eigenvalue weighted by atomic mass is 16.6. The lowest BCUT2D eigenvalue weighted by molar-refractivity contribution is -0.149. The smallest absolute Gasteiger partial charge is 0.408 e. The van der Waals surface area contributed by atoms with E-state index in [1.807, 2.05) is 72.7 Å². The van der Waals surface area contributed by atoms with Crippen molar-refractivity contribution in [1.29, 1.82) is 0 Å². The number of hydrogen-bond donors (Lipinski definition) is 2. The molecule has 7 nitrogen and oxygen atoms in total. The molecule has 186 valence electrons. The van der Waals surface area contributed by atoms with Crippen molar-refractivity contribution in [2.45, 2.75) is 111 Å². The zero-order chi connectivity index (χ0) is 25.8. The molecule has 0 aromatic heterocycles. The fraction of sp³-hybridized carbons (Fsp3) is 0.654. The van der Waals surface area contributed by atoms with Crippen LogP contribution >= 0.6 is 0 Å². The first-order valence-corrected chi connectivity index (χ1v) is 11.6. The summed E-state index contributed by atoms with van der Waals surface area (Å²) in [5.74, 6) is -0.631. The van der Waals surface area contributed by atoms with Crippen LogP contribution in [0.5, 0.6) is 0 Å². The van der Waals surface area contributed by atoms with Crippen LogP contribution in [0.15, 0.2) is 24.3 Å². The van der Waals surface area contributed by atoms with Crippen molar-refractivity contribution in [3.05, 3.63) is 35.4 Å². The van der Waals surface area contributed by atoms with Gasteiger partial charge in [-0.2, -0.15) is 0 Å². The molecule has 0 spiro atoms. The third kappa shape index (κ3) is 8.71. The molecule has 0 aliphatic heterocycles. The summed E-state index contributed by atoms with van der Waals surface area (Å²) in [7, 11) is 0. The van der Waals surface area contributed by atoms with Gasteiger partial charge in [-0.3, -0.25) is 9.59 Å². The number of hydrogen-bond acceptors (Lipinski definition) is 4. The number of nitrogens with zero attached hydrogens (tertiary/aromatic N) is 1. The van der Waals surface area contributed by atoms with E-state index in [9.17, 15) is 14.4 Å². The first-order chi connectivity index (χ1) is 14.9. The zero-order valence-electron chi connectivity index (χ0n) is 22.3. The van der Waals surface area contributed by atoms with Crippen LogP contribution in [0.1, 0.15) is 92.8 Å². The molecular weight excluding hydrogens is 418 g/mol. The van der Waals surface area contributed by atoms with Gasteiger partial charge in [-0.25, -0.2) is 4.79 Å². The summed E-state index contributed by atoms with van der Waals surface area (Å²) in [6.07, 6.45) is -0.0630. The maximum Gasteiger partial charge on any atom is 0.408 e. The monoisotopic (exact) mass is 461 g/mol. The van der Waals surface area contributed by atoms with Gasteiger partial charge in [-0.05, 0) is 81.2 Å². The van der Waals surface area contributed by atoms with Crippen molar-refractivity contribution in [2.24, 2.45) is 0 Å². The molecule has 0 fully saturated rings. The third-order valence-corrected chi connectivity index (χ3v) is 5.26. The second-order valence-corrected chi connectivity index (χ2v) is 11.3. The van der Waals surface area contributed by atoms with E-state index >= 15 is 0 Å². The number of rotatable bonds is 7. The highest BCUT2D eigenvalue weighted by Gasteiger charge is 2.42. The van der Waals surface area contributed by atoms with Crippen molar-refractivity contribution in [2.75, 3.05) is 0 Å². The van der Waals surface area contributed by atoms with Crippen LogP contribution < -0.4 is 10.6 Å². The first-order valence-electron chi connectivity index (χ1n) is 11.6. The molecule has 0 saturated heterocycles. The number of benzene rings is 1. The lowest BCUT2D eigenvalue weighted by atomic mass is 9.91. The summed E-state index contributed by atoms with van der Waals surface area (Å²) in [4.78, 5) is 41.3. The average molecular weight is 462 g/mol. The second-order valence-electron chi connectivity index (χ2n) is 11.3. The molecule has 2 N–H and O–H groups in total. The predicted molar refractivity (Wildman–Crippen MR) is 132 cm³/mol. The number of nitrogens with one attached hydrogen (secondary N) is 2. The van der Waals surface area contributed by atoms with Gasteiger partial charge in [0.2, 0.25) is 11.8 Å². The molecule has 3 amide bonds. The van der Waals surface area contributed by atoms with Gasteiger partial charge in [0.1, 0.15) is 17.7 Å². The summed E-state index contributed by atoms with van der Waals surface area (Å²) in [6, 6.07) is 5.85. The fourth-order valence-electron chi connectivity index (χ4n) is 3.30. The zero-order valence-corrected chi connectivity index (χ0v) is 22.3. The Morgan fingerprint density at radius 2 is 1.48 bits per heavy atom. The minimum absolute atomic E-state index is 0.273. The first kappa shape index (κ1) is 28.5. The fourth-order valence-corrected chi connectivity index (χ4v) is 3.30. The molecule has 33 heavy (non-hydrogen) atoms. The number of alkyl carbamates (subject to hydrolysis) is 1. The van der Waals surface area contributed by atoms with Gasteiger partial charge < -0.3 is 20.3 Å². The third-order valence-electron chi connectivity index (χ3n) is 5.26. The van der Waals surface area contributed by atoms with Gasteiger partial charge in [0.25, 0.3) is 0 Å². The van der Waals surface area contributed by atoms with Crippen LogP contribution in [-0.2, 0) is 14.3 Å². The number of amides is 3. The lowest BCUT2D eigenvalue weighted by Crippen LogP contribution is -2.59. The van der Waals surface area contributed by atoms with E-state index in [1.165, 1.54) is 0 Å². The normalized spacial score (nSPS) is 14.2. The molecule has 7 heteroatoms. The molecule has 0 aliphatic carbocycles. The van der Waals surface area contributed by atoms with E-state index in [2.05, 4.69) is 10.6 Å². The van der Waals surface area contributed by atoms with Crippen molar-refractivity contribution >= 4 is 17.9 Å². The Balaban J connectivity index is 3.48. The Bertz CT molecular complexity index is 833. The molecule has 0 radical (unpaired) electrons. The van der Waals surface area contributed by atoms with E-state index in [0.717, 1.165) is 5.56 Å². The molecule has 1 aromatic rings. The molecule has 0 saturated carbocycles. The van der Waals surface area contributed by atoms with Crippen molar-refractivity contribution in [1.82, 2.24) is 15.5 Å². The SMILES string of the molecule is CCC(C)(C)N(C(=O)C(C)NC(=O)OC(C)(C)C)C(C(=O)NC(C)(C)C)c1ccc(C)cc1. The quantitative estimate of drug-likeness (QED) is 0.606. The molecule has 0 aliphatic rings. The summed E-state index contributed by atoms with van der Waals surface area (Å²) in [5.41, 5.74) is -0.0632. The summed E-state index contributed by atoms with van der Waals surface area (Å²) >= 11 is 0. The van der Waals surface area contributed by atoms with Crippen LogP contribution in [0, 0.1) is 6.92 Å². The minimum atomic E-state index is -0.888. The standard InChI is InChI=1S/C26H43N3O4/c1-12-26(10,11)29(22(31)18(3)27-23(32)33-25(7,8)9)20(21(30)28-24(4,5)6)19-15-13-17(2)14-16-19/h13-16,18,20H,12H2,1-11H3,(H,27,32)(H,28,30). The minimum Gasteiger partial charge on any atom is -0.444 e. The highest BCUT2D eigenvalue weighted by Crippen LogP contribution is 2.32. The van der Waals surface area contributed by atoms with Gasteiger partial charge in [0.05, 0.1) is 0 Å². The van der Waals surface area contributed by atoms with Gasteiger partial charge in [0, 0.05) is 11.1 Å². The predicted octanol–water partition coefficient (Wildman–Crippen LogP) is 4.88. The average Bonchev–Trinajstić information content (AvgIpc) is 2.63. The Hall–Kier alpha value is -2.57. The maximum atomic E-state index is 13.8. The summed E-state index contributed by atoms with van der Waals surface area (Å²) in [5, 5.41) is 5.66. The highest BCUT2D eigenvalue weighted by molar-refractivity contribution is 5.92. The van der Waals surface area contributed by atoms with Crippen molar-refractivity contribution in [3.63, 3.8) is 0 Å². The van der Waals surface area contributed by atoms with Crippen LogP contribution in [-0.4, -0.2) is 45.5 Å². The largest absolute Gasteiger partial charge is 0.444 e. The van der Waals surface area contributed by atoms with Gasteiger partial charge in [-0.15, -0.1) is 0 Å². The molecule has 2 unspecified atom stereocenters. The number of carbonyl (C=O) groups excluding carboxylic acids is 3. The Kier molecular flexibility index (Phi) is 9.12. The van der Waals surface area contributed by atoms with E-state index in [-0.39, 0.29) is 11.8 Å². The van der Waals surface area contributed by atoms with E-state index in [4.69, 9.17) is 4.74 Å². The number of ether oxygens (including phenoxy) is 1. The van der Waals surface area contributed by atoms with E-state index < -0.39 is 34.9 Å². The Morgan fingerprint density at radius 3 is 1.91 bits per heavy atom. The van der Waals surface area contributed by atoms with Crippen molar-refractivity contribution < 1.29 is 19.1 Å². The maximum absolute atomic E-state index is 13.8. The topological polar surface area (TPSA) is 87.7 Å². The number of carbonyl (C=O) groups is 3. The summed E-state index contributed by atoms with van der Waals surface area (Å²) in [6.45, 7) is 20.4. The summed E-state index contributed by atoms with van der Waals surface area (Å²) < 4.78 is 5.32. The molecule has 1 rings (SSSR count). The van der Waals surface area contributed by atoms with Crippen LogP contribution in [0.4, 0.5) is 4.79 Å². The lowest BCUT2D eigenvalue weighted by Gasteiger charge is -2.45. The van der Waals surface area contributed by atoms with E-state index in [0.29, 0.717) is 12.0 Å². The number of aryl methyl sites for hydroxylation is 1. The molecular formula is C26H43N3O4.